The highest BCUT2D eigenvalue weighted by molar-refractivity contribution is 5.85. The molecule has 174 valence electrons. The molecule has 3 heterocycles. The third kappa shape index (κ3) is 6.56. The Morgan fingerprint density at radius 2 is 1.71 bits per heavy atom. The zero-order valence-corrected chi connectivity index (χ0v) is 19.3. The normalized spacial score (nSPS) is 23.7. The van der Waals surface area contributed by atoms with Crippen LogP contribution in [0.3, 0.4) is 0 Å². The molecule has 0 bridgehead atoms. The number of amides is 2. The minimum Gasteiger partial charge on any atom is -0.444 e. The summed E-state index contributed by atoms with van der Waals surface area (Å²) >= 11 is 0. The first-order chi connectivity index (χ1) is 14.7. The zero-order chi connectivity index (χ0) is 22.5. The molecular formula is C23H38N4O4. The number of piperidine rings is 2. The summed E-state index contributed by atoms with van der Waals surface area (Å²) < 4.78 is 10.8. The molecule has 1 N–H and O–H groups in total. The second-order valence-electron chi connectivity index (χ2n) is 10.3. The van der Waals surface area contributed by atoms with Crippen molar-refractivity contribution in [2.45, 2.75) is 70.9 Å². The molecule has 0 unspecified atom stereocenters. The predicted octanol–water partition coefficient (Wildman–Crippen LogP) is 2.53. The van der Waals surface area contributed by atoms with Crippen molar-refractivity contribution in [1.29, 1.82) is 5.26 Å². The van der Waals surface area contributed by atoms with Gasteiger partial charge in [0.1, 0.15) is 11.0 Å². The number of ether oxygens (including phenoxy) is 2. The smallest absolute Gasteiger partial charge is 0.407 e. The molecule has 8 nitrogen and oxygen atoms in total. The van der Waals surface area contributed by atoms with E-state index in [4.69, 9.17) is 9.47 Å². The van der Waals surface area contributed by atoms with Gasteiger partial charge in [-0.25, -0.2) is 4.79 Å². The molecule has 0 aromatic heterocycles. The molecular weight excluding hydrogens is 396 g/mol. The van der Waals surface area contributed by atoms with Crippen molar-refractivity contribution in [2.75, 3.05) is 45.9 Å². The third-order valence-corrected chi connectivity index (χ3v) is 6.69. The molecule has 0 aromatic rings. The monoisotopic (exact) mass is 434 g/mol. The van der Waals surface area contributed by atoms with Crippen molar-refractivity contribution in [1.82, 2.24) is 15.1 Å². The SMILES string of the molecule is CC(C)(C)OC(=O)NC1CCN(C(=O)C2(C#N)CCN(CC3CCOCC3)CC2)CC1. The van der Waals surface area contributed by atoms with E-state index in [-0.39, 0.29) is 11.9 Å². The summed E-state index contributed by atoms with van der Waals surface area (Å²) in [5, 5.41) is 12.8. The number of hydrogen-bond donors (Lipinski definition) is 1. The van der Waals surface area contributed by atoms with Crippen LogP contribution in [-0.4, -0.2) is 79.4 Å². The first-order valence-electron chi connectivity index (χ1n) is 11.7. The van der Waals surface area contributed by atoms with E-state index in [9.17, 15) is 14.9 Å². The highest BCUT2D eigenvalue weighted by Crippen LogP contribution is 2.34. The van der Waals surface area contributed by atoms with E-state index >= 15 is 0 Å². The van der Waals surface area contributed by atoms with E-state index in [0.717, 1.165) is 45.7 Å². The van der Waals surface area contributed by atoms with Crippen LogP contribution >= 0.6 is 0 Å². The lowest BCUT2D eigenvalue weighted by molar-refractivity contribution is -0.142. The van der Waals surface area contributed by atoms with Gasteiger partial charge >= 0.3 is 6.09 Å². The van der Waals surface area contributed by atoms with Crippen LogP contribution in [0, 0.1) is 22.7 Å². The molecule has 3 saturated heterocycles. The molecule has 0 spiro atoms. The third-order valence-electron chi connectivity index (χ3n) is 6.69. The van der Waals surface area contributed by atoms with Gasteiger partial charge in [-0.2, -0.15) is 5.26 Å². The van der Waals surface area contributed by atoms with Crippen LogP contribution in [0.5, 0.6) is 0 Å². The Hall–Kier alpha value is -1.85. The maximum Gasteiger partial charge on any atom is 0.407 e. The largest absolute Gasteiger partial charge is 0.444 e. The number of likely N-dealkylation sites (tertiary alicyclic amines) is 2. The molecule has 8 heteroatoms. The molecule has 3 aliphatic heterocycles. The zero-order valence-electron chi connectivity index (χ0n) is 19.3. The average Bonchev–Trinajstić information content (AvgIpc) is 2.74. The van der Waals surface area contributed by atoms with E-state index in [1.807, 2.05) is 25.7 Å². The van der Waals surface area contributed by atoms with Gasteiger partial charge < -0.3 is 24.6 Å². The number of carbonyl (C=O) groups is 2. The highest BCUT2D eigenvalue weighted by Gasteiger charge is 2.45. The van der Waals surface area contributed by atoms with Crippen LogP contribution < -0.4 is 5.32 Å². The van der Waals surface area contributed by atoms with Crippen molar-refractivity contribution in [2.24, 2.45) is 11.3 Å². The number of hydrogen-bond acceptors (Lipinski definition) is 6. The lowest BCUT2D eigenvalue weighted by atomic mass is 9.77. The molecule has 31 heavy (non-hydrogen) atoms. The Balaban J connectivity index is 1.46. The molecule has 0 saturated carbocycles. The maximum absolute atomic E-state index is 13.3. The number of alkyl carbamates (subject to hydrolysis) is 1. The summed E-state index contributed by atoms with van der Waals surface area (Å²) in [6.45, 7) is 11.0. The Bertz CT molecular complexity index is 662. The fraction of sp³-hybridized carbons (Fsp3) is 0.870. The van der Waals surface area contributed by atoms with Crippen LogP contribution in [0.25, 0.3) is 0 Å². The van der Waals surface area contributed by atoms with Gasteiger partial charge in [-0.1, -0.05) is 0 Å². The Kier molecular flexibility index (Phi) is 7.82. The minimum atomic E-state index is -0.905. The van der Waals surface area contributed by atoms with E-state index < -0.39 is 17.1 Å². The summed E-state index contributed by atoms with van der Waals surface area (Å²) in [6.07, 6.45) is 4.35. The summed E-state index contributed by atoms with van der Waals surface area (Å²) in [5.41, 5.74) is -1.43. The van der Waals surface area contributed by atoms with Crippen molar-refractivity contribution in [3.8, 4) is 6.07 Å². The van der Waals surface area contributed by atoms with Crippen molar-refractivity contribution in [3.63, 3.8) is 0 Å². The number of rotatable bonds is 4. The second kappa shape index (κ2) is 10.2. The first-order valence-corrected chi connectivity index (χ1v) is 11.7. The van der Waals surface area contributed by atoms with Crippen LogP contribution in [0.2, 0.25) is 0 Å². The van der Waals surface area contributed by atoms with Gasteiger partial charge in [-0.3, -0.25) is 4.79 Å². The van der Waals surface area contributed by atoms with Crippen LogP contribution in [0.1, 0.15) is 59.3 Å². The van der Waals surface area contributed by atoms with Crippen LogP contribution in [0.15, 0.2) is 0 Å². The summed E-state index contributed by atoms with van der Waals surface area (Å²) in [6, 6.07) is 2.38. The van der Waals surface area contributed by atoms with E-state index in [0.29, 0.717) is 44.7 Å². The second-order valence-corrected chi connectivity index (χ2v) is 10.3. The molecule has 0 radical (unpaired) electrons. The lowest BCUT2D eigenvalue weighted by Gasteiger charge is -2.42. The maximum atomic E-state index is 13.3. The molecule has 0 aromatic carbocycles. The molecule has 3 aliphatic rings. The first kappa shape index (κ1) is 23.8. The molecule has 3 rings (SSSR count). The Morgan fingerprint density at radius 1 is 1.10 bits per heavy atom. The van der Waals surface area contributed by atoms with Crippen molar-refractivity contribution in [3.05, 3.63) is 0 Å². The lowest BCUT2D eigenvalue weighted by Crippen LogP contribution is -2.54. The van der Waals surface area contributed by atoms with E-state index in [1.165, 1.54) is 0 Å². The summed E-state index contributed by atoms with van der Waals surface area (Å²) in [5.74, 6) is 0.631. The van der Waals surface area contributed by atoms with Crippen LogP contribution in [-0.2, 0) is 14.3 Å². The Labute approximate surface area is 186 Å². The fourth-order valence-electron chi connectivity index (χ4n) is 4.79. The van der Waals surface area contributed by atoms with Gasteiger partial charge in [-0.05, 0) is 65.2 Å². The molecule has 2 amide bonds. The fourth-order valence-corrected chi connectivity index (χ4v) is 4.79. The standard InChI is InChI=1S/C23H38N4O4/c1-22(2,3)31-21(29)25-19-4-10-27(11-5-19)20(28)23(17-24)8-12-26(13-9-23)16-18-6-14-30-15-7-18/h18-19H,4-16H2,1-3H3,(H,25,29). The number of nitrogens with one attached hydrogen (secondary N) is 1. The number of nitriles is 1. The summed E-state index contributed by atoms with van der Waals surface area (Å²) in [4.78, 5) is 29.5. The average molecular weight is 435 g/mol. The van der Waals surface area contributed by atoms with Gasteiger partial charge in [0, 0.05) is 52.0 Å². The molecule has 0 atom stereocenters. The van der Waals surface area contributed by atoms with E-state index in [2.05, 4.69) is 16.3 Å². The van der Waals surface area contributed by atoms with Gasteiger partial charge in [0.05, 0.1) is 6.07 Å². The Morgan fingerprint density at radius 3 is 2.26 bits per heavy atom. The van der Waals surface area contributed by atoms with Crippen LogP contribution in [0.4, 0.5) is 4.79 Å². The molecule has 3 fully saturated rings. The number of nitrogens with zero attached hydrogens (tertiary/aromatic N) is 3. The predicted molar refractivity (Wildman–Crippen MR) is 116 cm³/mol. The highest BCUT2D eigenvalue weighted by atomic mass is 16.6. The van der Waals surface area contributed by atoms with Gasteiger partial charge in [0.2, 0.25) is 5.91 Å². The minimum absolute atomic E-state index is 0.00161. The number of carbonyl (C=O) groups excluding carboxylic acids is 2. The topological polar surface area (TPSA) is 94.9 Å². The quantitative estimate of drug-likeness (QED) is 0.731. The van der Waals surface area contributed by atoms with Gasteiger partial charge in [-0.15, -0.1) is 0 Å². The van der Waals surface area contributed by atoms with Crippen molar-refractivity contribution >= 4 is 12.0 Å². The van der Waals surface area contributed by atoms with Gasteiger partial charge in [0.15, 0.2) is 0 Å². The molecule has 0 aliphatic carbocycles. The van der Waals surface area contributed by atoms with Crippen molar-refractivity contribution < 1.29 is 19.1 Å². The summed E-state index contributed by atoms with van der Waals surface area (Å²) in [7, 11) is 0. The van der Waals surface area contributed by atoms with Gasteiger partial charge in [0.25, 0.3) is 0 Å². The van der Waals surface area contributed by atoms with E-state index in [1.54, 1.807) is 0 Å².